The first kappa shape index (κ1) is 10.4. The van der Waals surface area contributed by atoms with Crippen molar-refractivity contribution in [2.24, 2.45) is 5.73 Å². The molecule has 1 saturated heterocycles. The van der Waals surface area contributed by atoms with Crippen molar-refractivity contribution in [3.05, 3.63) is 23.9 Å². The van der Waals surface area contributed by atoms with E-state index in [4.69, 9.17) is 5.73 Å². The molecule has 1 aliphatic heterocycles. The molecule has 4 nitrogen and oxygen atoms in total. The monoisotopic (exact) mass is 207 g/mol. The average molecular weight is 207 g/mol. The highest BCUT2D eigenvalue weighted by molar-refractivity contribution is 5.40. The lowest BCUT2D eigenvalue weighted by molar-refractivity contribution is 0.186. The molecule has 0 spiro atoms. The summed E-state index contributed by atoms with van der Waals surface area (Å²) in [6.07, 6.45) is 3.61. The van der Waals surface area contributed by atoms with Gasteiger partial charge in [0.05, 0.1) is 6.10 Å². The van der Waals surface area contributed by atoms with Crippen molar-refractivity contribution in [3.63, 3.8) is 0 Å². The number of hydrogen-bond donors (Lipinski definition) is 2. The zero-order valence-corrected chi connectivity index (χ0v) is 8.76. The Kier molecular flexibility index (Phi) is 3.18. The van der Waals surface area contributed by atoms with Gasteiger partial charge in [-0.3, -0.25) is 0 Å². The average Bonchev–Trinajstić information content (AvgIpc) is 2.82. The number of rotatable bonds is 3. The van der Waals surface area contributed by atoms with E-state index >= 15 is 0 Å². The van der Waals surface area contributed by atoms with Gasteiger partial charge in [0, 0.05) is 31.4 Å². The van der Waals surface area contributed by atoms with Crippen LogP contribution in [0.15, 0.2) is 18.3 Å². The summed E-state index contributed by atoms with van der Waals surface area (Å²) in [6, 6.07) is 3.86. The second-order valence-corrected chi connectivity index (χ2v) is 3.90. The van der Waals surface area contributed by atoms with E-state index in [1.165, 1.54) is 12.8 Å². The maximum atomic E-state index is 9.51. The van der Waals surface area contributed by atoms with Gasteiger partial charge in [-0.25, -0.2) is 4.98 Å². The van der Waals surface area contributed by atoms with Crippen LogP contribution in [-0.2, 0) is 0 Å². The molecule has 0 saturated carbocycles. The van der Waals surface area contributed by atoms with Crippen molar-refractivity contribution in [1.82, 2.24) is 4.98 Å². The molecule has 1 aromatic heterocycles. The van der Waals surface area contributed by atoms with Gasteiger partial charge in [-0.15, -0.1) is 0 Å². The van der Waals surface area contributed by atoms with Crippen LogP contribution in [0.4, 0.5) is 5.82 Å². The molecular formula is C11H17N3O. The molecule has 1 atom stereocenters. The highest BCUT2D eigenvalue weighted by Crippen LogP contribution is 2.19. The Labute approximate surface area is 89.7 Å². The maximum Gasteiger partial charge on any atom is 0.128 e. The van der Waals surface area contributed by atoms with Gasteiger partial charge < -0.3 is 15.7 Å². The summed E-state index contributed by atoms with van der Waals surface area (Å²) in [5.41, 5.74) is 6.17. The summed E-state index contributed by atoms with van der Waals surface area (Å²) in [5.74, 6) is 1.00. The summed E-state index contributed by atoms with van der Waals surface area (Å²) in [7, 11) is 0. The Morgan fingerprint density at radius 1 is 1.40 bits per heavy atom. The third-order valence-corrected chi connectivity index (χ3v) is 2.81. The molecular weight excluding hydrogens is 190 g/mol. The van der Waals surface area contributed by atoms with Gasteiger partial charge in [0.15, 0.2) is 0 Å². The highest BCUT2D eigenvalue weighted by Gasteiger charge is 2.13. The molecule has 0 amide bonds. The molecule has 1 fully saturated rings. The van der Waals surface area contributed by atoms with E-state index < -0.39 is 6.10 Å². The number of nitrogens with two attached hydrogens (primary N) is 1. The second kappa shape index (κ2) is 4.59. The molecule has 0 aromatic carbocycles. The fraction of sp³-hybridized carbons (Fsp3) is 0.545. The van der Waals surface area contributed by atoms with Crippen molar-refractivity contribution < 1.29 is 5.11 Å². The lowest BCUT2D eigenvalue weighted by Crippen LogP contribution is -2.19. The third kappa shape index (κ3) is 2.27. The smallest absolute Gasteiger partial charge is 0.128 e. The first-order valence-electron chi connectivity index (χ1n) is 5.40. The minimum atomic E-state index is -0.592. The molecule has 0 aliphatic carbocycles. The van der Waals surface area contributed by atoms with Crippen molar-refractivity contribution in [3.8, 4) is 0 Å². The van der Waals surface area contributed by atoms with Gasteiger partial charge in [0.1, 0.15) is 5.82 Å². The Balaban J connectivity index is 2.09. The van der Waals surface area contributed by atoms with E-state index in [0.717, 1.165) is 24.5 Å². The van der Waals surface area contributed by atoms with Gasteiger partial charge in [0.25, 0.3) is 0 Å². The van der Waals surface area contributed by atoms with Gasteiger partial charge in [-0.2, -0.15) is 0 Å². The maximum absolute atomic E-state index is 9.51. The minimum Gasteiger partial charge on any atom is -0.387 e. The number of aromatic nitrogens is 1. The van der Waals surface area contributed by atoms with Crippen LogP contribution in [0.3, 0.4) is 0 Å². The first-order chi connectivity index (χ1) is 7.31. The summed E-state index contributed by atoms with van der Waals surface area (Å²) in [5, 5.41) is 9.51. The molecule has 2 heterocycles. The molecule has 2 rings (SSSR count). The molecule has 3 N–H and O–H groups in total. The number of aliphatic hydroxyl groups is 1. The van der Waals surface area contributed by atoms with E-state index in [-0.39, 0.29) is 6.54 Å². The van der Waals surface area contributed by atoms with Crippen LogP contribution in [0.2, 0.25) is 0 Å². The molecule has 15 heavy (non-hydrogen) atoms. The summed E-state index contributed by atoms with van der Waals surface area (Å²) in [6.45, 7) is 2.42. The van der Waals surface area contributed by atoms with Crippen LogP contribution in [0, 0.1) is 0 Å². The predicted octanol–water partition coefficient (Wildman–Crippen LogP) is 0.674. The topological polar surface area (TPSA) is 62.4 Å². The minimum absolute atomic E-state index is 0.241. The van der Waals surface area contributed by atoms with Crippen LogP contribution in [0.1, 0.15) is 24.5 Å². The quantitative estimate of drug-likeness (QED) is 0.765. The number of anilines is 1. The molecule has 1 aromatic rings. The molecule has 1 aliphatic rings. The summed E-state index contributed by atoms with van der Waals surface area (Å²) >= 11 is 0. The van der Waals surface area contributed by atoms with Crippen molar-refractivity contribution >= 4 is 5.82 Å². The van der Waals surface area contributed by atoms with Gasteiger partial charge >= 0.3 is 0 Å². The van der Waals surface area contributed by atoms with E-state index in [1.807, 2.05) is 12.1 Å². The number of nitrogens with zero attached hydrogens (tertiary/aromatic N) is 2. The van der Waals surface area contributed by atoms with E-state index in [1.54, 1.807) is 6.20 Å². The molecule has 0 unspecified atom stereocenters. The number of aliphatic hydroxyl groups excluding tert-OH is 1. The molecule has 4 heteroatoms. The zero-order chi connectivity index (χ0) is 10.7. The normalized spacial score (nSPS) is 18.1. The SMILES string of the molecule is NC[C@H](O)c1ccc(N2CCCC2)nc1. The fourth-order valence-corrected chi connectivity index (χ4v) is 1.86. The largest absolute Gasteiger partial charge is 0.387 e. The Bertz CT molecular complexity index is 306. The standard InChI is InChI=1S/C11H17N3O/c12-7-10(15)9-3-4-11(13-8-9)14-5-1-2-6-14/h3-4,8,10,15H,1-2,5-7,12H2/t10-/m0/s1. The predicted molar refractivity (Wildman–Crippen MR) is 59.7 cm³/mol. The van der Waals surface area contributed by atoms with E-state index in [2.05, 4.69) is 9.88 Å². The third-order valence-electron chi connectivity index (χ3n) is 2.81. The van der Waals surface area contributed by atoms with Crippen LogP contribution >= 0.6 is 0 Å². The highest BCUT2D eigenvalue weighted by atomic mass is 16.3. The van der Waals surface area contributed by atoms with Crippen molar-refractivity contribution in [2.75, 3.05) is 24.5 Å². The van der Waals surface area contributed by atoms with Gasteiger partial charge in [-0.05, 0) is 18.9 Å². The lowest BCUT2D eigenvalue weighted by Gasteiger charge is -2.17. The van der Waals surface area contributed by atoms with Gasteiger partial charge in [0.2, 0.25) is 0 Å². The molecule has 0 radical (unpaired) electrons. The van der Waals surface area contributed by atoms with Crippen LogP contribution in [0.25, 0.3) is 0 Å². The van der Waals surface area contributed by atoms with Crippen LogP contribution < -0.4 is 10.6 Å². The summed E-state index contributed by atoms with van der Waals surface area (Å²) in [4.78, 5) is 6.60. The van der Waals surface area contributed by atoms with Crippen molar-refractivity contribution in [2.45, 2.75) is 18.9 Å². The Morgan fingerprint density at radius 3 is 2.67 bits per heavy atom. The first-order valence-corrected chi connectivity index (χ1v) is 5.40. The van der Waals surface area contributed by atoms with Gasteiger partial charge in [-0.1, -0.05) is 6.07 Å². The summed E-state index contributed by atoms with van der Waals surface area (Å²) < 4.78 is 0. The lowest BCUT2D eigenvalue weighted by atomic mass is 10.1. The van der Waals surface area contributed by atoms with Crippen molar-refractivity contribution in [1.29, 1.82) is 0 Å². The number of hydrogen-bond acceptors (Lipinski definition) is 4. The zero-order valence-electron chi connectivity index (χ0n) is 8.76. The number of pyridine rings is 1. The van der Waals surface area contributed by atoms with E-state index in [0.29, 0.717) is 0 Å². The van der Waals surface area contributed by atoms with Crippen LogP contribution in [0.5, 0.6) is 0 Å². The van der Waals surface area contributed by atoms with E-state index in [9.17, 15) is 5.11 Å². The van der Waals surface area contributed by atoms with Crippen LogP contribution in [-0.4, -0.2) is 29.7 Å². The molecule has 82 valence electrons. The molecule has 0 bridgehead atoms. The Hall–Kier alpha value is -1.13. The second-order valence-electron chi connectivity index (χ2n) is 3.90. The fourth-order valence-electron chi connectivity index (χ4n) is 1.86. The Morgan fingerprint density at radius 2 is 2.13 bits per heavy atom.